The molecule has 1 aliphatic rings. The van der Waals surface area contributed by atoms with Gasteiger partial charge in [0.1, 0.15) is 17.6 Å². The Morgan fingerprint density at radius 3 is 2.28 bits per heavy atom. The summed E-state index contributed by atoms with van der Waals surface area (Å²) < 4.78 is 85.2. The molecule has 1 unspecified atom stereocenters. The lowest BCUT2D eigenvalue weighted by Crippen LogP contribution is -2.28. The number of alkyl halides is 3. The van der Waals surface area contributed by atoms with Gasteiger partial charge in [0.15, 0.2) is 0 Å². The molecule has 1 atom stereocenters. The second-order valence-corrected chi connectivity index (χ2v) is 11.3. The van der Waals surface area contributed by atoms with Crippen LogP contribution in [0.4, 0.5) is 17.6 Å². The van der Waals surface area contributed by atoms with E-state index in [4.69, 9.17) is 4.74 Å². The highest BCUT2D eigenvalue weighted by atomic mass is 32.2. The number of nitrogens with one attached hydrogen (secondary N) is 2. The maximum Gasteiger partial charge on any atom is 0.433 e. The van der Waals surface area contributed by atoms with Crippen LogP contribution in [-0.2, 0) is 46.9 Å². The van der Waals surface area contributed by atoms with E-state index in [-0.39, 0.29) is 30.1 Å². The Hall–Kier alpha value is -3.51. The number of ether oxygens (including phenoxy) is 1. The third-order valence-corrected chi connectivity index (χ3v) is 7.14. The number of amides is 1. The standard InChI is InChI=1S/C27H27F4N3O4S/c1-16(17-7-8-20(23(28)13-17)15-33-39(2,36)37)25(35)32-14-21-9-10-24(27(29,30)31)34-26(21)38-22-11-18-5-3-4-6-19(18)12-22/h3-10,13,16,22,33H,11-12,14-15H2,1-2H3,(H,32,35). The Kier molecular flexibility index (Phi) is 8.26. The predicted molar refractivity (Wildman–Crippen MR) is 136 cm³/mol. The molecule has 0 bridgehead atoms. The van der Waals surface area contributed by atoms with Gasteiger partial charge in [0.2, 0.25) is 21.8 Å². The summed E-state index contributed by atoms with van der Waals surface area (Å²) in [6.07, 6.45) is -3.05. The summed E-state index contributed by atoms with van der Waals surface area (Å²) in [7, 11) is -3.51. The number of sulfonamides is 1. The SMILES string of the molecule is CC(C(=O)NCc1ccc(C(F)(F)F)nc1OC1Cc2ccccc2C1)c1ccc(CNS(C)(=O)=O)c(F)c1. The minimum atomic E-state index is -4.67. The summed E-state index contributed by atoms with van der Waals surface area (Å²) >= 11 is 0. The fraction of sp³-hybridized carbons (Fsp3) is 0.333. The molecular formula is C27H27F4N3O4S. The molecule has 0 radical (unpaired) electrons. The molecule has 0 saturated carbocycles. The smallest absolute Gasteiger partial charge is 0.433 e. The largest absolute Gasteiger partial charge is 0.473 e. The maximum absolute atomic E-state index is 14.5. The molecule has 1 aromatic heterocycles. The van der Waals surface area contributed by atoms with Crippen molar-refractivity contribution in [3.05, 3.63) is 93.9 Å². The van der Waals surface area contributed by atoms with E-state index in [1.807, 2.05) is 24.3 Å². The van der Waals surface area contributed by atoms with Gasteiger partial charge in [-0.25, -0.2) is 22.5 Å². The van der Waals surface area contributed by atoms with Crippen molar-refractivity contribution in [2.24, 2.45) is 0 Å². The number of halogens is 4. The second-order valence-electron chi connectivity index (χ2n) is 9.46. The van der Waals surface area contributed by atoms with Gasteiger partial charge in [0.25, 0.3) is 0 Å². The van der Waals surface area contributed by atoms with Crippen LogP contribution in [0.3, 0.4) is 0 Å². The average Bonchev–Trinajstić information content (AvgIpc) is 3.27. The average molecular weight is 566 g/mol. The van der Waals surface area contributed by atoms with Crippen LogP contribution in [0.1, 0.15) is 46.4 Å². The number of hydrogen-bond acceptors (Lipinski definition) is 5. The lowest BCUT2D eigenvalue weighted by molar-refractivity contribution is -0.141. The van der Waals surface area contributed by atoms with Crippen LogP contribution in [0.15, 0.2) is 54.6 Å². The van der Waals surface area contributed by atoms with Crippen LogP contribution in [0.2, 0.25) is 0 Å². The number of aromatic nitrogens is 1. The fourth-order valence-corrected chi connectivity index (χ4v) is 4.71. The summed E-state index contributed by atoms with van der Waals surface area (Å²) in [5.74, 6) is -2.17. The summed E-state index contributed by atoms with van der Waals surface area (Å²) in [5.41, 5.74) is 1.75. The molecule has 7 nitrogen and oxygen atoms in total. The van der Waals surface area contributed by atoms with E-state index < -0.39 is 45.6 Å². The minimum Gasteiger partial charge on any atom is -0.473 e. The van der Waals surface area contributed by atoms with Crippen LogP contribution in [0.5, 0.6) is 5.88 Å². The zero-order chi connectivity index (χ0) is 28.4. The van der Waals surface area contributed by atoms with Gasteiger partial charge in [0.05, 0.1) is 12.2 Å². The Morgan fingerprint density at radius 1 is 1.05 bits per heavy atom. The van der Waals surface area contributed by atoms with E-state index in [0.717, 1.165) is 29.5 Å². The number of rotatable bonds is 9. The maximum atomic E-state index is 14.5. The Balaban J connectivity index is 1.45. The Morgan fingerprint density at radius 2 is 1.69 bits per heavy atom. The molecule has 4 rings (SSSR count). The molecule has 0 spiro atoms. The van der Waals surface area contributed by atoms with Crippen molar-refractivity contribution >= 4 is 15.9 Å². The van der Waals surface area contributed by atoms with Crippen molar-refractivity contribution in [1.29, 1.82) is 0 Å². The van der Waals surface area contributed by atoms with E-state index >= 15 is 0 Å². The molecule has 1 amide bonds. The second kappa shape index (κ2) is 11.3. The topological polar surface area (TPSA) is 97.4 Å². The first kappa shape index (κ1) is 28.5. The molecule has 1 aliphatic carbocycles. The molecule has 2 N–H and O–H groups in total. The van der Waals surface area contributed by atoms with Gasteiger partial charge in [0, 0.05) is 37.1 Å². The Labute approximate surface area is 223 Å². The van der Waals surface area contributed by atoms with Crippen LogP contribution in [0, 0.1) is 5.82 Å². The third-order valence-electron chi connectivity index (χ3n) is 6.47. The van der Waals surface area contributed by atoms with Gasteiger partial charge in [-0.2, -0.15) is 13.2 Å². The minimum absolute atomic E-state index is 0.114. The van der Waals surface area contributed by atoms with Crippen LogP contribution in [0.25, 0.3) is 0 Å². The van der Waals surface area contributed by atoms with Crippen molar-refractivity contribution in [1.82, 2.24) is 15.0 Å². The van der Waals surface area contributed by atoms with Crippen LogP contribution in [-0.4, -0.2) is 31.7 Å². The van der Waals surface area contributed by atoms with E-state index in [0.29, 0.717) is 18.4 Å². The molecular weight excluding hydrogens is 538 g/mol. The van der Waals surface area contributed by atoms with Crippen LogP contribution < -0.4 is 14.8 Å². The van der Waals surface area contributed by atoms with Gasteiger partial charge in [-0.3, -0.25) is 4.79 Å². The molecule has 2 aromatic carbocycles. The lowest BCUT2D eigenvalue weighted by atomic mass is 9.98. The first-order valence-electron chi connectivity index (χ1n) is 12.1. The van der Waals surface area contributed by atoms with E-state index in [1.165, 1.54) is 18.2 Å². The summed E-state index contributed by atoms with van der Waals surface area (Å²) in [6, 6.07) is 13.8. The van der Waals surface area contributed by atoms with E-state index in [9.17, 15) is 30.8 Å². The number of fused-ring (bicyclic) bond motifs is 1. The molecule has 0 fully saturated rings. The van der Waals surface area contributed by atoms with Crippen molar-refractivity contribution < 1.29 is 35.5 Å². The van der Waals surface area contributed by atoms with Gasteiger partial charge in [-0.05, 0) is 41.8 Å². The number of carbonyl (C=O) groups excluding carboxylic acids is 1. The van der Waals surface area contributed by atoms with Gasteiger partial charge < -0.3 is 10.1 Å². The lowest BCUT2D eigenvalue weighted by Gasteiger charge is -2.19. The quantitative estimate of drug-likeness (QED) is 0.378. The summed E-state index contributed by atoms with van der Waals surface area (Å²) in [6.45, 7) is 1.17. The Bertz CT molecular complexity index is 1450. The molecule has 1 heterocycles. The zero-order valence-corrected chi connectivity index (χ0v) is 22.0. The molecule has 208 valence electrons. The zero-order valence-electron chi connectivity index (χ0n) is 21.2. The number of nitrogens with zero attached hydrogens (tertiary/aromatic N) is 1. The molecule has 12 heteroatoms. The number of carbonyl (C=O) groups is 1. The van der Waals surface area contributed by atoms with Crippen molar-refractivity contribution in [3.8, 4) is 5.88 Å². The highest BCUT2D eigenvalue weighted by Gasteiger charge is 2.34. The number of pyridine rings is 1. The van der Waals surface area contributed by atoms with E-state index in [2.05, 4.69) is 15.0 Å². The van der Waals surface area contributed by atoms with Gasteiger partial charge in [-0.15, -0.1) is 0 Å². The summed E-state index contributed by atoms with van der Waals surface area (Å²) in [5, 5.41) is 2.66. The fourth-order valence-electron chi connectivity index (χ4n) is 4.30. The first-order chi connectivity index (χ1) is 18.3. The van der Waals surface area contributed by atoms with Crippen molar-refractivity contribution in [3.63, 3.8) is 0 Å². The summed E-state index contributed by atoms with van der Waals surface area (Å²) in [4.78, 5) is 16.5. The normalized spacial score (nSPS) is 14.6. The highest BCUT2D eigenvalue weighted by Crippen LogP contribution is 2.32. The highest BCUT2D eigenvalue weighted by molar-refractivity contribution is 7.88. The van der Waals surface area contributed by atoms with E-state index in [1.54, 1.807) is 6.92 Å². The molecule has 0 aliphatic heterocycles. The number of benzene rings is 2. The molecule has 39 heavy (non-hydrogen) atoms. The molecule has 0 saturated heterocycles. The van der Waals surface area contributed by atoms with Gasteiger partial charge >= 0.3 is 6.18 Å². The first-order valence-corrected chi connectivity index (χ1v) is 14.0. The monoisotopic (exact) mass is 565 g/mol. The van der Waals surface area contributed by atoms with Gasteiger partial charge in [-0.1, -0.05) is 36.4 Å². The molecule has 3 aromatic rings. The van der Waals surface area contributed by atoms with Crippen molar-refractivity contribution in [2.45, 2.75) is 51.1 Å². The van der Waals surface area contributed by atoms with Crippen LogP contribution >= 0.6 is 0 Å². The number of hydrogen-bond donors (Lipinski definition) is 2. The predicted octanol–water partition coefficient (Wildman–Crippen LogP) is 4.25. The third kappa shape index (κ3) is 7.33. The van der Waals surface area contributed by atoms with Crippen molar-refractivity contribution in [2.75, 3.05) is 6.26 Å².